The molecule has 2 heterocycles. The number of nitrogens with zero attached hydrogens (tertiary/aromatic N) is 2. The van der Waals surface area contributed by atoms with Gasteiger partial charge >= 0.3 is 0 Å². The van der Waals surface area contributed by atoms with Crippen molar-refractivity contribution in [3.05, 3.63) is 106 Å². The van der Waals surface area contributed by atoms with E-state index >= 15 is 0 Å². The fourth-order valence-corrected chi connectivity index (χ4v) is 7.48. The molecule has 1 aromatic carbocycles. The average Bonchev–Trinajstić information content (AvgIpc) is 3.89. The molecular formula is C41H50N2O. The second-order valence-electron chi connectivity index (χ2n) is 13.8. The Morgan fingerprint density at radius 3 is 2.70 bits per heavy atom. The molecule has 0 radical (unpaired) electrons. The molecule has 2 aliphatic heterocycles. The lowest BCUT2D eigenvalue weighted by Gasteiger charge is -2.36. The summed E-state index contributed by atoms with van der Waals surface area (Å²) >= 11 is 0. The second-order valence-corrected chi connectivity index (χ2v) is 13.8. The first kappa shape index (κ1) is 30.6. The minimum atomic E-state index is 0.233. The predicted octanol–water partition coefficient (Wildman–Crippen LogP) is 10.2. The van der Waals surface area contributed by atoms with Gasteiger partial charge in [0.25, 0.3) is 0 Å². The van der Waals surface area contributed by atoms with Crippen molar-refractivity contribution >= 4 is 23.6 Å². The van der Waals surface area contributed by atoms with E-state index in [-0.39, 0.29) is 5.41 Å². The zero-order valence-electron chi connectivity index (χ0n) is 27.2. The number of allylic oxidation sites excluding steroid dienone is 9. The molecule has 0 unspecified atom stereocenters. The van der Waals surface area contributed by atoms with Crippen molar-refractivity contribution in [2.24, 2.45) is 22.2 Å². The van der Waals surface area contributed by atoms with Crippen LogP contribution in [0.15, 0.2) is 99.9 Å². The van der Waals surface area contributed by atoms with Crippen LogP contribution in [0.5, 0.6) is 0 Å². The van der Waals surface area contributed by atoms with Gasteiger partial charge in [0.05, 0.1) is 0 Å². The van der Waals surface area contributed by atoms with Crippen molar-refractivity contribution in [3.8, 4) is 0 Å². The molecule has 3 heteroatoms. The van der Waals surface area contributed by atoms with Gasteiger partial charge in [0.15, 0.2) is 5.78 Å². The normalized spacial score (nSPS) is 27.1. The van der Waals surface area contributed by atoms with Crippen LogP contribution in [0.4, 0.5) is 0 Å². The summed E-state index contributed by atoms with van der Waals surface area (Å²) in [5, 5.41) is 0. The monoisotopic (exact) mass is 586 g/mol. The number of hydrogen-bond donors (Lipinski definition) is 0. The molecule has 0 saturated heterocycles. The quantitative estimate of drug-likeness (QED) is 0.270. The van der Waals surface area contributed by atoms with Crippen LogP contribution in [0.3, 0.4) is 0 Å². The number of carbonyl (C=O) groups is 1. The Morgan fingerprint density at radius 1 is 1.09 bits per heavy atom. The standard InChI is InChI=1S/C41H50N2O/c1-4-8-32-20-23-41(3,28-31(32)5-2)22-19-30-11-13-33(14-12-30)36-17-18-37-29-42-24-21-39(38(37)27-36)43-25-6-9-34(10-7-26-43)40(44)35-15-16-35/h9,11-14,17,19-22,24,27,29,31,35H,4-8,10,15-16,18,23,25-26,28H2,1-3H3/b22-19+,34-9-/t31-,41-/m1/s1. The number of benzene rings is 1. The molecule has 230 valence electrons. The van der Waals surface area contributed by atoms with Gasteiger partial charge in [-0.1, -0.05) is 87.4 Å². The molecular weight excluding hydrogens is 536 g/mol. The van der Waals surface area contributed by atoms with Crippen LogP contribution >= 0.6 is 0 Å². The highest BCUT2D eigenvalue weighted by atomic mass is 16.1. The number of fused-ring (bicyclic) bond motifs is 1. The van der Waals surface area contributed by atoms with Gasteiger partial charge in [-0.15, -0.1) is 0 Å². The minimum Gasteiger partial charge on any atom is -0.371 e. The molecule has 5 aliphatic rings. The average molecular weight is 587 g/mol. The lowest BCUT2D eigenvalue weighted by molar-refractivity contribution is -0.116. The molecule has 3 aliphatic carbocycles. The van der Waals surface area contributed by atoms with E-state index in [0.29, 0.717) is 11.7 Å². The van der Waals surface area contributed by atoms with E-state index < -0.39 is 0 Å². The maximum Gasteiger partial charge on any atom is 0.161 e. The molecule has 0 aromatic heterocycles. The first-order valence-corrected chi connectivity index (χ1v) is 17.3. The molecule has 6 rings (SSSR count). The van der Waals surface area contributed by atoms with Crippen LogP contribution in [0.1, 0.15) is 103 Å². The summed E-state index contributed by atoms with van der Waals surface area (Å²) in [7, 11) is 0. The number of ketones is 1. The molecule has 0 bridgehead atoms. The van der Waals surface area contributed by atoms with Crippen LogP contribution in [0.25, 0.3) is 11.6 Å². The molecule has 0 amide bonds. The SMILES string of the molecule is CCCC1=CC[C@@](C)(/C=C/c2ccc(C3=CCC4=CN=CC=C(N5CC/C=C(\C(=O)C6CC6)CCC5)C4=C3)cc2)C[C@H]1CC. The molecule has 2 atom stereocenters. The molecule has 0 N–H and O–H groups in total. The summed E-state index contributed by atoms with van der Waals surface area (Å²) in [4.78, 5) is 19.8. The fourth-order valence-electron chi connectivity index (χ4n) is 7.48. The highest BCUT2D eigenvalue weighted by Crippen LogP contribution is 2.43. The maximum absolute atomic E-state index is 12.7. The Balaban J connectivity index is 1.15. The lowest BCUT2D eigenvalue weighted by atomic mass is 9.69. The Bertz CT molecular complexity index is 1490. The van der Waals surface area contributed by atoms with E-state index in [1.165, 1.54) is 59.2 Å². The smallest absolute Gasteiger partial charge is 0.161 e. The third kappa shape index (κ3) is 7.09. The number of carbonyl (C=O) groups excluding carboxylic acids is 1. The van der Waals surface area contributed by atoms with Crippen molar-refractivity contribution in [2.75, 3.05) is 13.1 Å². The van der Waals surface area contributed by atoms with Crippen LogP contribution in [-0.4, -0.2) is 30.0 Å². The lowest BCUT2D eigenvalue weighted by Crippen LogP contribution is -2.28. The van der Waals surface area contributed by atoms with E-state index in [4.69, 9.17) is 0 Å². The number of rotatable bonds is 9. The number of aliphatic imine (C=N–C) groups is 1. The van der Waals surface area contributed by atoms with Gasteiger partial charge in [-0.2, -0.15) is 0 Å². The van der Waals surface area contributed by atoms with Crippen molar-refractivity contribution < 1.29 is 4.79 Å². The molecule has 1 fully saturated rings. The Hall–Kier alpha value is -3.46. The van der Waals surface area contributed by atoms with Gasteiger partial charge in [-0.05, 0) is 116 Å². The first-order chi connectivity index (χ1) is 21.5. The summed E-state index contributed by atoms with van der Waals surface area (Å²) < 4.78 is 0. The predicted molar refractivity (Wildman–Crippen MR) is 186 cm³/mol. The Kier molecular flexibility index (Phi) is 9.50. The third-order valence-corrected chi connectivity index (χ3v) is 10.3. The highest BCUT2D eigenvalue weighted by molar-refractivity contribution is 5.98. The van der Waals surface area contributed by atoms with Gasteiger partial charge in [0.2, 0.25) is 0 Å². The molecule has 44 heavy (non-hydrogen) atoms. The molecule has 3 nitrogen and oxygen atoms in total. The van der Waals surface area contributed by atoms with Crippen LogP contribution < -0.4 is 0 Å². The van der Waals surface area contributed by atoms with Gasteiger partial charge in [0.1, 0.15) is 0 Å². The van der Waals surface area contributed by atoms with E-state index in [1.807, 2.05) is 12.4 Å². The van der Waals surface area contributed by atoms with Crippen molar-refractivity contribution in [3.63, 3.8) is 0 Å². The topological polar surface area (TPSA) is 32.7 Å². The number of hydrogen-bond acceptors (Lipinski definition) is 3. The van der Waals surface area contributed by atoms with E-state index in [1.54, 1.807) is 5.57 Å². The van der Waals surface area contributed by atoms with Gasteiger partial charge in [-0.3, -0.25) is 9.79 Å². The second kappa shape index (κ2) is 13.7. The first-order valence-electron chi connectivity index (χ1n) is 17.3. The molecule has 0 spiro atoms. The molecule has 1 aromatic rings. The zero-order valence-corrected chi connectivity index (χ0v) is 27.2. The van der Waals surface area contributed by atoms with Crippen molar-refractivity contribution in [2.45, 2.75) is 91.4 Å². The Morgan fingerprint density at radius 2 is 1.93 bits per heavy atom. The number of Topliss-reactive ketones (excluding diaryl/α,β-unsaturated/α-hetero) is 1. The maximum atomic E-state index is 12.7. The largest absolute Gasteiger partial charge is 0.371 e. The fraction of sp³-hybridized carbons (Fsp3) is 0.463. The van der Waals surface area contributed by atoms with Crippen LogP contribution in [-0.2, 0) is 4.79 Å². The van der Waals surface area contributed by atoms with E-state index in [0.717, 1.165) is 69.5 Å². The van der Waals surface area contributed by atoms with Gasteiger partial charge in [-0.25, -0.2) is 0 Å². The minimum absolute atomic E-state index is 0.233. The third-order valence-electron chi connectivity index (χ3n) is 10.3. The highest BCUT2D eigenvalue weighted by Gasteiger charge is 2.32. The van der Waals surface area contributed by atoms with Crippen LogP contribution in [0.2, 0.25) is 0 Å². The van der Waals surface area contributed by atoms with Crippen molar-refractivity contribution in [1.29, 1.82) is 0 Å². The summed E-state index contributed by atoms with van der Waals surface area (Å²) in [5.41, 5.74) is 10.6. The zero-order chi connectivity index (χ0) is 30.5. The van der Waals surface area contributed by atoms with Crippen LogP contribution in [0, 0.1) is 17.3 Å². The summed E-state index contributed by atoms with van der Waals surface area (Å²) in [6.45, 7) is 8.97. The van der Waals surface area contributed by atoms with E-state index in [2.05, 4.69) is 97.5 Å². The van der Waals surface area contributed by atoms with Gasteiger partial charge < -0.3 is 4.90 Å². The van der Waals surface area contributed by atoms with Gasteiger partial charge in [0, 0.05) is 42.7 Å². The van der Waals surface area contributed by atoms with E-state index in [9.17, 15) is 4.79 Å². The summed E-state index contributed by atoms with van der Waals surface area (Å²) in [6, 6.07) is 9.11. The van der Waals surface area contributed by atoms with Crippen molar-refractivity contribution in [1.82, 2.24) is 4.90 Å². The molecule has 1 saturated carbocycles. The summed E-state index contributed by atoms with van der Waals surface area (Å²) in [6.07, 6.45) is 32.5. The Labute approximate surface area is 265 Å². The summed E-state index contributed by atoms with van der Waals surface area (Å²) in [5.74, 6) is 1.46.